The molecule has 1 aromatic carbocycles. The largest absolute Gasteiger partial charge is 0.504 e. The molecule has 0 saturated carbocycles. The molecule has 1 atom stereocenters. The van der Waals surface area contributed by atoms with E-state index in [0.29, 0.717) is 50.1 Å². The molecule has 0 bridgehead atoms. The van der Waals surface area contributed by atoms with Crippen LogP contribution in [0.5, 0.6) is 11.5 Å². The molecule has 0 spiro atoms. The van der Waals surface area contributed by atoms with Crippen molar-refractivity contribution in [3.05, 3.63) is 23.8 Å². The molecule has 7 heteroatoms. The predicted molar refractivity (Wildman–Crippen MR) is 85.3 cm³/mol. The van der Waals surface area contributed by atoms with Gasteiger partial charge < -0.3 is 29.4 Å². The van der Waals surface area contributed by atoms with Crippen LogP contribution >= 0.6 is 0 Å². The van der Waals surface area contributed by atoms with Crippen molar-refractivity contribution in [1.29, 1.82) is 0 Å². The summed E-state index contributed by atoms with van der Waals surface area (Å²) >= 11 is 0. The van der Waals surface area contributed by atoms with Crippen molar-refractivity contribution in [2.45, 2.75) is 12.5 Å². The van der Waals surface area contributed by atoms with Crippen molar-refractivity contribution in [1.82, 2.24) is 5.32 Å². The van der Waals surface area contributed by atoms with Gasteiger partial charge in [-0.05, 0) is 19.1 Å². The van der Waals surface area contributed by atoms with Crippen LogP contribution in [-0.4, -0.2) is 62.8 Å². The number of phenolic OH excluding ortho intramolecular Hbond substituents is 1. The molecular weight excluding hydrogens is 300 g/mol. The van der Waals surface area contributed by atoms with Gasteiger partial charge in [0.05, 0.1) is 31.9 Å². The molecule has 0 fully saturated rings. The van der Waals surface area contributed by atoms with E-state index in [2.05, 4.69) is 10.3 Å². The molecule has 1 aromatic rings. The first-order chi connectivity index (χ1) is 11.1. The Bertz CT molecular complexity index is 576. The number of nitrogens with one attached hydrogen (secondary N) is 1. The van der Waals surface area contributed by atoms with E-state index in [1.807, 2.05) is 0 Å². The number of carbonyl (C=O) groups excluding carboxylic acids is 1. The Morgan fingerprint density at radius 2 is 2.13 bits per heavy atom. The van der Waals surface area contributed by atoms with Crippen molar-refractivity contribution in [2.24, 2.45) is 4.99 Å². The Morgan fingerprint density at radius 3 is 2.83 bits per heavy atom. The molecule has 1 aliphatic rings. The average molecular weight is 322 g/mol. The number of nitrogens with zero attached hydrogens (tertiary/aromatic N) is 1. The van der Waals surface area contributed by atoms with E-state index in [1.165, 1.54) is 0 Å². The number of amidine groups is 1. The zero-order valence-electron chi connectivity index (χ0n) is 13.4. The number of para-hydroxylation sites is 1. The van der Waals surface area contributed by atoms with Gasteiger partial charge in [-0.15, -0.1) is 0 Å². The minimum atomic E-state index is -0.728. The summed E-state index contributed by atoms with van der Waals surface area (Å²) < 4.78 is 15.7. The van der Waals surface area contributed by atoms with Crippen LogP contribution in [0.4, 0.5) is 0 Å². The van der Waals surface area contributed by atoms with Gasteiger partial charge in [-0.25, -0.2) is 0 Å². The normalized spacial score (nSPS) is 20.0. The molecule has 7 nitrogen and oxygen atoms in total. The Labute approximate surface area is 135 Å². The lowest BCUT2D eigenvalue weighted by atomic mass is 10.1. The van der Waals surface area contributed by atoms with Crippen molar-refractivity contribution in [2.75, 3.05) is 40.1 Å². The number of rotatable bonds is 9. The topological polar surface area (TPSA) is 89.4 Å². The number of ether oxygens (including phenoxy) is 3. The van der Waals surface area contributed by atoms with Crippen molar-refractivity contribution in [3.63, 3.8) is 0 Å². The monoisotopic (exact) mass is 322 g/mol. The number of carbonyl (C=O) groups is 1. The number of aromatic hydroxyl groups is 1. The molecule has 0 aromatic heterocycles. The molecule has 23 heavy (non-hydrogen) atoms. The Morgan fingerprint density at radius 1 is 1.35 bits per heavy atom. The molecular formula is C16H22N2O5. The zero-order valence-corrected chi connectivity index (χ0v) is 13.4. The second-order valence-corrected chi connectivity index (χ2v) is 5.43. The summed E-state index contributed by atoms with van der Waals surface area (Å²) in [6, 6.07) is 5.15. The third-order valence-electron chi connectivity index (χ3n) is 3.40. The van der Waals surface area contributed by atoms with E-state index in [4.69, 9.17) is 14.2 Å². The van der Waals surface area contributed by atoms with Crippen molar-refractivity contribution in [3.8, 4) is 11.5 Å². The van der Waals surface area contributed by atoms with Crippen LogP contribution in [0.25, 0.3) is 0 Å². The number of aldehydes is 1. The predicted octanol–water partition coefficient (Wildman–Crippen LogP) is 0.741. The molecule has 2 rings (SSSR count). The Kier molecular flexibility index (Phi) is 5.95. The van der Waals surface area contributed by atoms with Gasteiger partial charge in [-0.2, -0.15) is 0 Å². The Hall–Kier alpha value is -2.12. The average Bonchev–Trinajstić information content (AvgIpc) is 2.95. The maximum atomic E-state index is 11.1. The van der Waals surface area contributed by atoms with Gasteiger partial charge in [0.1, 0.15) is 24.3 Å². The van der Waals surface area contributed by atoms with Gasteiger partial charge in [0, 0.05) is 7.11 Å². The molecule has 126 valence electrons. The molecule has 0 aliphatic carbocycles. The van der Waals surface area contributed by atoms with Crippen molar-refractivity contribution >= 4 is 12.1 Å². The smallest absolute Gasteiger partial charge is 0.168 e. The highest BCUT2D eigenvalue weighted by Gasteiger charge is 2.31. The van der Waals surface area contributed by atoms with Crippen LogP contribution < -0.4 is 10.1 Å². The minimum absolute atomic E-state index is 0.00853. The molecule has 1 unspecified atom stereocenters. The van der Waals surface area contributed by atoms with Gasteiger partial charge in [-0.1, -0.05) is 6.07 Å². The molecule has 2 N–H and O–H groups in total. The number of hydrogen-bond donors (Lipinski definition) is 2. The zero-order chi connectivity index (χ0) is 16.7. The summed E-state index contributed by atoms with van der Waals surface area (Å²) in [5, 5.41) is 13.4. The van der Waals surface area contributed by atoms with Crippen LogP contribution in [0.3, 0.4) is 0 Å². The fraction of sp³-hybridized carbons (Fsp3) is 0.500. The molecule has 1 aliphatic heterocycles. The maximum Gasteiger partial charge on any atom is 0.168 e. The quantitative estimate of drug-likeness (QED) is 0.515. The maximum absolute atomic E-state index is 11.1. The lowest BCUT2D eigenvalue weighted by Crippen LogP contribution is -2.44. The number of aliphatic imine (C=N–C) groups is 1. The fourth-order valence-corrected chi connectivity index (χ4v) is 2.10. The second kappa shape index (κ2) is 7.94. The van der Waals surface area contributed by atoms with Crippen LogP contribution in [-0.2, 0) is 14.3 Å². The number of phenols is 1. The summed E-state index contributed by atoms with van der Waals surface area (Å²) in [5.74, 6) is 0.826. The van der Waals surface area contributed by atoms with E-state index in [-0.39, 0.29) is 5.75 Å². The minimum Gasteiger partial charge on any atom is -0.504 e. The third-order valence-corrected chi connectivity index (χ3v) is 3.40. The number of hydrogen-bond acceptors (Lipinski definition) is 7. The van der Waals surface area contributed by atoms with Crippen LogP contribution in [0, 0.1) is 0 Å². The molecule has 0 radical (unpaired) electrons. The lowest BCUT2D eigenvalue weighted by Gasteiger charge is -2.17. The molecule has 1 heterocycles. The standard InChI is InChI=1S/C16H22N2O5/c1-16(11-19)10-17-15(18-16)12-4-3-5-13(14(12)20)23-9-8-22-7-6-21-2/h3-5,11,20H,6-10H2,1-2H3,(H,17,18). The third kappa shape index (κ3) is 4.43. The van der Waals surface area contributed by atoms with Gasteiger partial charge in [0.2, 0.25) is 0 Å². The SMILES string of the molecule is COCCOCCOc1cccc(C2=NCC(C)(C=O)N2)c1O. The number of benzene rings is 1. The highest BCUT2D eigenvalue weighted by atomic mass is 16.5. The second-order valence-electron chi connectivity index (χ2n) is 5.43. The van der Waals surface area contributed by atoms with E-state index in [1.54, 1.807) is 32.2 Å². The van der Waals surface area contributed by atoms with Gasteiger partial charge in [-0.3, -0.25) is 4.99 Å². The first-order valence-corrected chi connectivity index (χ1v) is 7.40. The summed E-state index contributed by atoms with van der Waals surface area (Å²) in [6.07, 6.45) is 0.818. The summed E-state index contributed by atoms with van der Waals surface area (Å²) in [5.41, 5.74) is -0.221. The first kappa shape index (κ1) is 17.2. The van der Waals surface area contributed by atoms with Gasteiger partial charge in [0.15, 0.2) is 11.5 Å². The van der Waals surface area contributed by atoms with Crippen molar-refractivity contribution < 1.29 is 24.1 Å². The number of methoxy groups -OCH3 is 1. The van der Waals surface area contributed by atoms with Gasteiger partial charge in [0.25, 0.3) is 0 Å². The Balaban J connectivity index is 1.95. The highest BCUT2D eigenvalue weighted by Crippen LogP contribution is 2.31. The molecule has 0 amide bonds. The van der Waals surface area contributed by atoms with Crippen LogP contribution in [0.15, 0.2) is 23.2 Å². The summed E-state index contributed by atoms with van der Waals surface area (Å²) in [4.78, 5) is 15.3. The first-order valence-electron chi connectivity index (χ1n) is 7.40. The van der Waals surface area contributed by atoms with E-state index in [9.17, 15) is 9.90 Å². The fourth-order valence-electron chi connectivity index (χ4n) is 2.10. The van der Waals surface area contributed by atoms with E-state index >= 15 is 0 Å². The molecule has 0 saturated heterocycles. The lowest BCUT2D eigenvalue weighted by molar-refractivity contribution is -0.111. The summed E-state index contributed by atoms with van der Waals surface area (Å²) in [6.45, 7) is 3.83. The van der Waals surface area contributed by atoms with Crippen LogP contribution in [0.1, 0.15) is 12.5 Å². The van der Waals surface area contributed by atoms with Crippen LogP contribution in [0.2, 0.25) is 0 Å². The summed E-state index contributed by atoms with van der Waals surface area (Å²) in [7, 11) is 1.61. The highest BCUT2D eigenvalue weighted by molar-refractivity contribution is 6.05. The van der Waals surface area contributed by atoms with Gasteiger partial charge >= 0.3 is 0 Å². The van der Waals surface area contributed by atoms with E-state index < -0.39 is 5.54 Å². The van der Waals surface area contributed by atoms with E-state index in [0.717, 1.165) is 6.29 Å².